The van der Waals surface area contributed by atoms with Crippen LogP contribution in [0.5, 0.6) is 0 Å². The van der Waals surface area contributed by atoms with Crippen molar-refractivity contribution >= 4 is 15.7 Å². The fraction of sp³-hybridized carbons (Fsp3) is 0.571. The van der Waals surface area contributed by atoms with Gasteiger partial charge in [-0.05, 0) is 43.4 Å². The third-order valence-corrected chi connectivity index (χ3v) is 5.27. The SMILES string of the molecule is CC(Nc1cccc(C(C)C)c1)NS(=O)(=O)C1CC1. The molecule has 1 aromatic carbocycles. The highest BCUT2D eigenvalue weighted by molar-refractivity contribution is 7.90. The lowest BCUT2D eigenvalue weighted by molar-refractivity contribution is 0.570. The van der Waals surface area contributed by atoms with E-state index in [4.69, 9.17) is 0 Å². The van der Waals surface area contributed by atoms with Crippen LogP contribution in [0.1, 0.15) is 45.1 Å². The highest BCUT2D eigenvalue weighted by atomic mass is 32.2. The minimum atomic E-state index is -3.15. The molecule has 0 amide bonds. The van der Waals surface area contributed by atoms with Crippen LogP contribution in [-0.2, 0) is 10.0 Å². The van der Waals surface area contributed by atoms with E-state index in [2.05, 4.69) is 36.0 Å². The zero-order valence-electron chi connectivity index (χ0n) is 11.7. The van der Waals surface area contributed by atoms with Gasteiger partial charge in [-0.3, -0.25) is 0 Å². The van der Waals surface area contributed by atoms with Crippen molar-refractivity contribution < 1.29 is 8.42 Å². The molecule has 1 atom stereocenters. The maximum absolute atomic E-state index is 11.8. The number of hydrogen-bond donors (Lipinski definition) is 2. The molecular formula is C14H22N2O2S. The summed E-state index contributed by atoms with van der Waals surface area (Å²) in [6.45, 7) is 6.10. The van der Waals surface area contributed by atoms with Gasteiger partial charge in [-0.2, -0.15) is 4.72 Å². The maximum Gasteiger partial charge on any atom is 0.216 e. The lowest BCUT2D eigenvalue weighted by atomic mass is 10.0. The highest BCUT2D eigenvalue weighted by Crippen LogP contribution is 2.27. The molecule has 0 heterocycles. The van der Waals surface area contributed by atoms with Gasteiger partial charge in [0.25, 0.3) is 0 Å². The summed E-state index contributed by atoms with van der Waals surface area (Å²) in [5.74, 6) is 0.459. The van der Waals surface area contributed by atoms with Gasteiger partial charge in [0.15, 0.2) is 0 Å². The first-order valence-corrected chi connectivity index (χ1v) is 8.31. The van der Waals surface area contributed by atoms with E-state index in [-0.39, 0.29) is 11.4 Å². The van der Waals surface area contributed by atoms with Crippen molar-refractivity contribution in [2.75, 3.05) is 5.32 Å². The zero-order valence-corrected chi connectivity index (χ0v) is 12.5. The van der Waals surface area contributed by atoms with Crippen molar-refractivity contribution in [3.8, 4) is 0 Å². The van der Waals surface area contributed by atoms with Gasteiger partial charge in [0, 0.05) is 5.69 Å². The lowest BCUT2D eigenvalue weighted by Gasteiger charge is -2.18. The molecule has 0 aromatic heterocycles. The molecule has 1 aliphatic carbocycles. The molecule has 5 heteroatoms. The molecule has 0 saturated heterocycles. The molecule has 1 aromatic rings. The number of hydrogen-bond acceptors (Lipinski definition) is 3. The summed E-state index contributed by atoms with van der Waals surface area (Å²) in [6.07, 6.45) is 1.27. The summed E-state index contributed by atoms with van der Waals surface area (Å²) in [5, 5.41) is 3.00. The van der Waals surface area contributed by atoms with E-state index in [0.717, 1.165) is 18.5 Å². The zero-order chi connectivity index (χ0) is 14.0. The first-order valence-electron chi connectivity index (χ1n) is 6.76. The Morgan fingerprint density at radius 1 is 1.21 bits per heavy atom. The van der Waals surface area contributed by atoms with Crippen LogP contribution in [0.15, 0.2) is 24.3 Å². The van der Waals surface area contributed by atoms with Gasteiger partial charge in [-0.15, -0.1) is 0 Å². The second-order valence-electron chi connectivity index (χ2n) is 5.51. The Balaban J connectivity index is 1.98. The molecule has 0 radical (unpaired) electrons. The summed E-state index contributed by atoms with van der Waals surface area (Å²) in [6, 6.07) is 8.08. The smallest absolute Gasteiger partial charge is 0.216 e. The van der Waals surface area contributed by atoms with Crippen molar-refractivity contribution in [1.29, 1.82) is 0 Å². The molecule has 0 aliphatic heterocycles. The molecule has 19 heavy (non-hydrogen) atoms. The average molecular weight is 282 g/mol. The van der Waals surface area contributed by atoms with E-state index < -0.39 is 10.0 Å². The first kappa shape index (κ1) is 14.3. The predicted molar refractivity (Wildman–Crippen MR) is 78.7 cm³/mol. The molecule has 1 unspecified atom stereocenters. The third-order valence-electron chi connectivity index (χ3n) is 3.24. The largest absolute Gasteiger partial charge is 0.369 e. The van der Waals surface area contributed by atoms with Crippen molar-refractivity contribution in [3.63, 3.8) is 0 Å². The molecule has 4 nitrogen and oxygen atoms in total. The standard InChI is InChI=1S/C14H22N2O2S/c1-10(2)12-5-4-6-13(9-12)15-11(3)16-19(17,18)14-7-8-14/h4-6,9-11,14-16H,7-8H2,1-3H3. The Hall–Kier alpha value is -1.07. The molecule has 1 saturated carbocycles. The van der Waals surface area contributed by atoms with Crippen LogP contribution in [0.25, 0.3) is 0 Å². The van der Waals surface area contributed by atoms with E-state index in [1.165, 1.54) is 5.56 Å². The van der Waals surface area contributed by atoms with Gasteiger partial charge in [0.05, 0.1) is 11.4 Å². The second kappa shape index (κ2) is 5.51. The van der Waals surface area contributed by atoms with E-state index in [0.29, 0.717) is 5.92 Å². The Morgan fingerprint density at radius 2 is 1.89 bits per heavy atom. The van der Waals surface area contributed by atoms with Gasteiger partial charge in [-0.25, -0.2) is 8.42 Å². The third kappa shape index (κ3) is 3.94. The molecule has 1 aliphatic rings. The molecule has 2 rings (SSSR count). The number of anilines is 1. The monoisotopic (exact) mass is 282 g/mol. The van der Waals surface area contributed by atoms with Gasteiger partial charge in [0.1, 0.15) is 0 Å². The first-order chi connectivity index (χ1) is 8.88. The topological polar surface area (TPSA) is 58.2 Å². The molecule has 2 N–H and O–H groups in total. The van der Waals surface area contributed by atoms with E-state index >= 15 is 0 Å². The Morgan fingerprint density at radius 3 is 2.47 bits per heavy atom. The summed E-state index contributed by atoms with van der Waals surface area (Å²) in [7, 11) is -3.15. The molecular weight excluding hydrogens is 260 g/mol. The van der Waals surface area contributed by atoms with E-state index in [1.807, 2.05) is 19.1 Å². The Bertz CT molecular complexity index is 536. The number of rotatable bonds is 6. The van der Waals surface area contributed by atoms with Crippen molar-refractivity contribution in [2.24, 2.45) is 0 Å². The molecule has 0 bridgehead atoms. The van der Waals surface area contributed by atoms with Crippen molar-refractivity contribution in [1.82, 2.24) is 4.72 Å². The van der Waals surface area contributed by atoms with Crippen molar-refractivity contribution in [3.05, 3.63) is 29.8 Å². The fourth-order valence-corrected chi connectivity index (χ4v) is 3.49. The quantitative estimate of drug-likeness (QED) is 0.789. The van der Waals surface area contributed by atoms with Gasteiger partial charge >= 0.3 is 0 Å². The van der Waals surface area contributed by atoms with Gasteiger partial charge in [0.2, 0.25) is 10.0 Å². The normalized spacial score (nSPS) is 17.5. The second-order valence-corrected chi connectivity index (χ2v) is 7.50. The molecule has 0 spiro atoms. The predicted octanol–water partition coefficient (Wildman–Crippen LogP) is 2.65. The Labute approximate surface area is 115 Å². The van der Waals surface area contributed by atoms with Gasteiger partial charge < -0.3 is 5.32 Å². The van der Waals surface area contributed by atoms with Crippen LogP contribution in [0.3, 0.4) is 0 Å². The maximum atomic E-state index is 11.8. The summed E-state index contributed by atoms with van der Waals surface area (Å²) in [4.78, 5) is 0. The molecule has 106 valence electrons. The number of sulfonamides is 1. The van der Waals surface area contributed by atoms with Gasteiger partial charge in [-0.1, -0.05) is 26.0 Å². The summed E-state index contributed by atoms with van der Waals surface area (Å²) < 4.78 is 26.3. The van der Waals surface area contributed by atoms with Crippen LogP contribution in [0.2, 0.25) is 0 Å². The van der Waals surface area contributed by atoms with E-state index in [9.17, 15) is 8.42 Å². The van der Waals surface area contributed by atoms with Crippen LogP contribution < -0.4 is 10.0 Å². The fourth-order valence-electron chi connectivity index (χ4n) is 1.99. The highest BCUT2D eigenvalue weighted by Gasteiger charge is 2.36. The summed E-state index contributed by atoms with van der Waals surface area (Å²) in [5.41, 5.74) is 2.18. The van der Waals surface area contributed by atoms with E-state index in [1.54, 1.807) is 0 Å². The summed E-state index contributed by atoms with van der Waals surface area (Å²) >= 11 is 0. The Kier molecular flexibility index (Phi) is 4.16. The van der Waals surface area contributed by atoms with Crippen LogP contribution in [-0.4, -0.2) is 19.8 Å². The van der Waals surface area contributed by atoms with Crippen LogP contribution in [0.4, 0.5) is 5.69 Å². The average Bonchev–Trinajstić information content (AvgIpc) is 3.12. The number of benzene rings is 1. The molecule has 1 fully saturated rings. The minimum Gasteiger partial charge on any atom is -0.369 e. The number of nitrogens with one attached hydrogen (secondary N) is 2. The minimum absolute atomic E-state index is 0.182. The van der Waals surface area contributed by atoms with Crippen LogP contribution >= 0.6 is 0 Å². The van der Waals surface area contributed by atoms with Crippen molar-refractivity contribution in [2.45, 2.75) is 50.9 Å². The lowest BCUT2D eigenvalue weighted by Crippen LogP contribution is -2.39. The van der Waals surface area contributed by atoms with Crippen LogP contribution in [0, 0.1) is 0 Å².